The Morgan fingerprint density at radius 2 is 1.00 bits per heavy atom. The van der Waals surface area contributed by atoms with Crippen molar-refractivity contribution in [2.75, 3.05) is 42.4 Å². The number of hydrogen-bond acceptors (Lipinski definition) is 4. The Bertz CT molecular complexity index is 160. The molecule has 0 aromatic rings. The molecular weight excluding hydrogens is 188 g/mol. The fourth-order valence-corrected chi connectivity index (χ4v) is 0.365. The van der Waals surface area contributed by atoms with Gasteiger partial charge >= 0.3 is 12.2 Å². The molecule has 0 rings (SSSR count). The number of amides is 2. The molecule has 0 saturated heterocycles. The third-order valence-electron chi connectivity index (χ3n) is 1.08. The van der Waals surface area contributed by atoms with Crippen molar-refractivity contribution in [3.8, 4) is 0 Å². The van der Waals surface area contributed by atoms with Crippen molar-refractivity contribution in [2.24, 2.45) is 0 Å². The molecule has 0 unspecified atom stereocenters. The van der Waals surface area contributed by atoms with Crippen molar-refractivity contribution in [2.45, 2.75) is 0 Å². The number of ether oxygens (including phenoxy) is 2. The molecule has 0 radical (unpaired) electrons. The molecule has 0 aliphatic heterocycles. The molecule has 2 amide bonds. The molecule has 0 aromatic heterocycles. The summed E-state index contributed by atoms with van der Waals surface area (Å²) in [5, 5.41) is 0. The van der Waals surface area contributed by atoms with E-state index in [1.807, 2.05) is 0 Å². The smallest absolute Gasteiger partial charge is 0.408 e. The van der Waals surface area contributed by atoms with Crippen LogP contribution in [0.1, 0.15) is 0 Å². The standard InChI is InChI=1S/2C4H9NO2/c2*1-5(2)4(6)7-3/h2*1-3H3. The lowest BCUT2D eigenvalue weighted by atomic mass is 10.9. The molecule has 0 fully saturated rings. The summed E-state index contributed by atoms with van der Waals surface area (Å²) >= 11 is 0. The predicted octanol–water partition coefficient (Wildman–Crippen LogP) is 0.629. The first-order valence-corrected chi connectivity index (χ1v) is 3.87. The Kier molecular flexibility index (Phi) is 8.75. The van der Waals surface area contributed by atoms with E-state index >= 15 is 0 Å². The SMILES string of the molecule is COC(=O)N(C)C.COC(=O)N(C)C. The second-order valence-corrected chi connectivity index (χ2v) is 2.73. The molecular formula is C8H18N2O4. The van der Waals surface area contributed by atoms with Crippen LogP contribution < -0.4 is 0 Å². The molecule has 0 aliphatic carbocycles. The van der Waals surface area contributed by atoms with Gasteiger partial charge in [0.2, 0.25) is 0 Å². The maximum atomic E-state index is 10.2. The topological polar surface area (TPSA) is 59.1 Å². The van der Waals surface area contributed by atoms with Crippen LogP contribution in [-0.2, 0) is 9.47 Å². The van der Waals surface area contributed by atoms with E-state index in [4.69, 9.17) is 0 Å². The number of carbonyl (C=O) groups is 2. The zero-order chi connectivity index (χ0) is 11.7. The first-order valence-electron chi connectivity index (χ1n) is 3.87. The van der Waals surface area contributed by atoms with Crippen molar-refractivity contribution in [1.82, 2.24) is 9.80 Å². The van der Waals surface area contributed by atoms with Crippen LogP contribution in [0.25, 0.3) is 0 Å². The molecule has 0 bridgehead atoms. The van der Waals surface area contributed by atoms with Crippen LogP contribution in [0.3, 0.4) is 0 Å². The van der Waals surface area contributed by atoms with Crippen LogP contribution in [0, 0.1) is 0 Å². The maximum absolute atomic E-state index is 10.2. The van der Waals surface area contributed by atoms with Crippen molar-refractivity contribution < 1.29 is 19.1 Å². The Balaban J connectivity index is 0. The second-order valence-electron chi connectivity index (χ2n) is 2.73. The maximum Gasteiger partial charge on any atom is 0.408 e. The lowest BCUT2D eigenvalue weighted by molar-refractivity contribution is 0.141. The van der Waals surface area contributed by atoms with Gasteiger partial charge in [-0.1, -0.05) is 0 Å². The van der Waals surface area contributed by atoms with Gasteiger partial charge in [-0.05, 0) is 0 Å². The van der Waals surface area contributed by atoms with Gasteiger partial charge in [-0.15, -0.1) is 0 Å². The van der Waals surface area contributed by atoms with E-state index < -0.39 is 0 Å². The van der Waals surface area contributed by atoms with Gasteiger partial charge in [0.1, 0.15) is 0 Å². The highest BCUT2D eigenvalue weighted by atomic mass is 16.5. The summed E-state index contributed by atoms with van der Waals surface area (Å²) in [6.07, 6.45) is -0.639. The quantitative estimate of drug-likeness (QED) is 0.583. The van der Waals surface area contributed by atoms with E-state index in [9.17, 15) is 9.59 Å². The summed E-state index contributed by atoms with van der Waals surface area (Å²) in [5.41, 5.74) is 0. The molecule has 84 valence electrons. The van der Waals surface area contributed by atoms with Crippen LogP contribution in [0.15, 0.2) is 0 Å². The fourth-order valence-electron chi connectivity index (χ4n) is 0.365. The van der Waals surface area contributed by atoms with E-state index in [1.54, 1.807) is 28.2 Å². The largest absolute Gasteiger partial charge is 0.453 e. The first kappa shape index (κ1) is 15.0. The third-order valence-corrected chi connectivity index (χ3v) is 1.08. The monoisotopic (exact) mass is 206 g/mol. The molecule has 0 spiro atoms. The van der Waals surface area contributed by atoms with Gasteiger partial charge in [0.15, 0.2) is 0 Å². The minimum atomic E-state index is -0.319. The molecule has 0 atom stereocenters. The van der Waals surface area contributed by atoms with Gasteiger partial charge in [-0.2, -0.15) is 0 Å². The second kappa shape index (κ2) is 8.15. The van der Waals surface area contributed by atoms with Crippen molar-refractivity contribution in [3.05, 3.63) is 0 Å². The van der Waals surface area contributed by atoms with Crippen molar-refractivity contribution in [1.29, 1.82) is 0 Å². The van der Waals surface area contributed by atoms with Crippen LogP contribution in [0.2, 0.25) is 0 Å². The van der Waals surface area contributed by atoms with Gasteiger partial charge in [-0.3, -0.25) is 0 Å². The van der Waals surface area contributed by atoms with Gasteiger partial charge in [0.25, 0.3) is 0 Å². The summed E-state index contributed by atoms with van der Waals surface area (Å²) in [7, 11) is 9.22. The third kappa shape index (κ3) is 8.63. The lowest BCUT2D eigenvalue weighted by Crippen LogP contribution is -2.20. The van der Waals surface area contributed by atoms with Crippen LogP contribution in [0.5, 0.6) is 0 Å². The normalized spacial score (nSPS) is 7.86. The number of rotatable bonds is 0. The van der Waals surface area contributed by atoms with Gasteiger partial charge < -0.3 is 19.3 Å². The lowest BCUT2D eigenvalue weighted by Gasteiger charge is -2.05. The van der Waals surface area contributed by atoms with Crippen molar-refractivity contribution >= 4 is 12.2 Å². The highest BCUT2D eigenvalue weighted by Gasteiger charge is 1.97. The average molecular weight is 206 g/mol. The highest BCUT2D eigenvalue weighted by molar-refractivity contribution is 5.66. The average Bonchev–Trinajstić information content (AvgIpc) is 2.15. The van der Waals surface area contributed by atoms with Crippen LogP contribution in [-0.4, -0.2) is 64.4 Å². The van der Waals surface area contributed by atoms with E-state index in [0.29, 0.717) is 0 Å². The molecule has 0 saturated carbocycles. The molecule has 0 N–H and O–H groups in total. The Morgan fingerprint density at radius 1 is 0.786 bits per heavy atom. The van der Waals surface area contributed by atoms with E-state index in [2.05, 4.69) is 9.47 Å². The summed E-state index contributed by atoms with van der Waals surface area (Å²) in [4.78, 5) is 23.2. The number of carbonyl (C=O) groups excluding carboxylic acids is 2. The number of hydrogen-bond donors (Lipinski definition) is 0. The molecule has 6 nitrogen and oxygen atoms in total. The summed E-state index contributed by atoms with van der Waals surface area (Å²) in [6, 6.07) is 0. The van der Waals surface area contributed by atoms with Crippen molar-refractivity contribution in [3.63, 3.8) is 0 Å². The van der Waals surface area contributed by atoms with E-state index in [1.165, 1.54) is 24.0 Å². The fraction of sp³-hybridized carbons (Fsp3) is 0.750. The van der Waals surface area contributed by atoms with E-state index in [-0.39, 0.29) is 12.2 Å². The zero-order valence-electron chi connectivity index (χ0n) is 9.53. The number of methoxy groups -OCH3 is 2. The Labute approximate surface area is 84.4 Å². The minimum Gasteiger partial charge on any atom is -0.453 e. The molecule has 0 aliphatic rings. The zero-order valence-corrected chi connectivity index (χ0v) is 9.53. The van der Waals surface area contributed by atoms with Gasteiger partial charge in [0.05, 0.1) is 14.2 Å². The summed E-state index contributed by atoms with van der Waals surface area (Å²) in [6.45, 7) is 0. The number of nitrogens with zero attached hydrogens (tertiary/aromatic N) is 2. The van der Waals surface area contributed by atoms with Gasteiger partial charge in [0, 0.05) is 28.2 Å². The van der Waals surface area contributed by atoms with Crippen LogP contribution >= 0.6 is 0 Å². The highest BCUT2D eigenvalue weighted by Crippen LogP contribution is 1.79. The molecule has 14 heavy (non-hydrogen) atoms. The summed E-state index contributed by atoms with van der Waals surface area (Å²) in [5.74, 6) is 0. The molecule has 0 heterocycles. The van der Waals surface area contributed by atoms with Crippen LogP contribution in [0.4, 0.5) is 9.59 Å². The molecule has 6 heteroatoms. The molecule has 0 aromatic carbocycles. The van der Waals surface area contributed by atoms with Gasteiger partial charge in [-0.25, -0.2) is 9.59 Å². The first-order chi connectivity index (χ1) is 6.36. The Morgan fingerprint density at radius 3 is 1.00 bits per heavy atom. The minimum absolute atomic E-state index is 0.319. The van der Waals surface area contributed by atoms with E-state index in [0.717, 1.165) is 0 Å². The Hall–Kier alpha value is -1.46. The predicted molar refractivity (Wildman–Crippen MR) is 52.2 cm³/mol. The summed E-state index contributed by atoms with van der Waals surface area (Å²) < 4.78 is 8.60.